The molecule has 1 aliphatic carbocycles. The number of amides is 2. The minimum Gasteiger partial charge on any atom is -0.475 e. The third-order valence-corrected chi connectivity index (χ3v) is 3.32. The van der Waals surface area contributed by atoms with E-state index in [2.05, 4.69) is 5.32 Å². The van der Waals surface area contributed by atoms with Crippen LogP contribution in [0.4, 0.5) is 18.0 Å². The second kappa shape index (κ2) is 7.35. The number of carboxylic acid groups (broad SMARTS) is 1. The van der Waals surface area contributed by atoms with Crippen molar-refractivity contribution in [3.63, 3.8) is 0 Å². The normalized spacial score (nSPS) is 19.4. The highest BCUT2D eigenvalue weighted by Gasteiger charge is 2.38. The van der Waals surface area contributed by atoms with Gasteiger partial charge in [0.15, 0.2) is 0 Å². The van der Waals surface area contributed by atoms with Crippen molar-refractivity contribution < 1.29 is 27.9 Å². The lowest BCUT2D eigenvalue weighted by molar-refractivity contribution is -0.192. The van der Waals surface area contributed by atoms with Gasteiger partial charge in [-0.2, -0.15) is 13.2 Å². The molecule has 1 saturated heterocycles. The molecule has 2 amide bonds. The Bertz CT molecular complexity index is 335. The molecule has 20 heavy (non-hydrogen) atoms. The van der Waals surface area contributed by atoms with E-state index in [-0.39, 0.29) is 6.03 Å². The van der Waals surface area contributed by atoms with Gasteiger partial charge in [-0.15, -0.1) is 0 Å². The number of carboxylic acids is 1. The van der Waals surface area contributed by atoms with Gasteiger partial charge in [0, 0.05) is 19.1 Å². The highest BCUT2D eigenvalue weighted by Crippen LogP contribution is 2.18. The lowest BCUT2D eigenvalue weighted by Crippen LogP contribution is -2.42. The van der Waals surface area contributed by atoms with Gasteiger partial charge in [-0.1, -0.05) is 12.8 Å². The Morgan fingerprint density at radius 2 is 1.50 bits per heavy atom. The van der Waals surface area contributed by atoms with E-state index in [1.807, 2.05) is 4.90 Å². The van der Waals surface area contributed by atoms with Gasteiger partial charge in [-0.25, -0.2) is 9.59 Å². The second-order valence-corrected chi connectivity index (χ2v) is 4.93. The molecule has 1 saturated carbocycles. The van der Waals surface area contributed by atoms with Crippen molar-refractivity contribution in [2.45, 2.75) is 50.7 Å². The van der Waals surface area contributed by atoms with E-state index in [1.165, 1.54) is 38.5 Å². The Balaban J connectivity index is 0.000000246. The van der Waals surface area contributed by atoms with Gasteiger partial charge < -0.3 is 15.3 Å². The molecule has 0 aromatic heterocycles. The summed E-state index contributed by atoms with van der Waals surface area (Å²) in [4.78, 5) is 22.5. The second-order valence-electron chi connectivity index (χ2n) is 4.93. The highest BCUT2D eigenvalue weighted by molar-refractivity contribution is 5.74. The Labute approximate surface area is 115 Å². The minimum absolute atomic E-state index is 0.171. The number of carbonyl (C=O) groups is 2. The average molecular weight is 296 g/mol. The molecule has 0 unspecified atom stereocenters. The molecule has 0 aromatic rings. The summed E-state index contributed by atoms with van der Waals surface area (Å²) in [6.45, 7) is 1.91. The molecular formula is C12H19F3N2O3. The first-order valence-electron chi connectivity index (χ1n) is 6.66. The molecule has 2 N–H and O–H groups in total. The maximum atomic E-state index is 11.6. The Hall–Kier alpha value is -1.47. The van der Waals surface area contributed by atoms with E-state index in [4.69, 9.17) is 9.90 Å². The van der Waals surface area contributed by atoms with Crippen molar-refractivity contribution in [1.82, 2.24) is 10.2 Å². The summed E-state index contributed by atoms with van der Waals surface area (Å²) < 4.78 is 31.7. The monoisotopic (exact) mass is 296 g/mol. The SMILES string of the molecule is O=C(NC1CCCC1)N1CCCC1.O=C(O)C(F)(F)F. The molecule has 2 aliphatic rings. The van der Waals surface area contributed by atoms with Crippen molar-refractivity contribution in [3.05, 3.63) is 0 Å². The largest absolute Gasteiger partial charge is 0.490 e. The predicted molar refractivity (Wildman–Crippen MR) is 65.3 cm³/mol. The summed E-state index contributed by atoms with van der Waals surface area (Å²) >= 11 is 0. The molecule has 0 spiro atoms. The van der Waals surface area contributed by atoms with Crippen LogP contribution in [-0.2, 0) is 4.79 Å². The molecule has 0 radical (unpaired) electrons. The van der Waals surface area contributed by atoms with Crippen molar-refractivity contribution in [3.8, 4) is 0 Å². The predicted octanol–water partition coefficient (Wildman–Crippen LogP) is 2.37. The molecule has 1 aliphatic heterocycles. The number of aliphatic carboxylic acids is 1. The van der Waals surface area contributed by atoms with Gasteiger partial charge in [0.05, 0.1) is 0 Å². The van der Waals surface area contributed by atoms with E-state index in [9.17, 15) is 18.0 Å². The van der Waals surface area contributed by atoms with Gasteiger partial charge in [-0.05, 0) is 25.7 Å². The summed E-state index contributed by atoms with van der Waals surface area (Å²) in [5.41, 5.74) is 0. The molecule has 116 valence electrons. The summed E-state index contributed by atoms with van der Waals surface area (Å²) in [6.07, 6.45) is 2.20. The summed E-state index contributed by atoms with van der Waals surface area (Å²) in [6, 6.07) is 0.637. The summed E-state index contributed by atoms with van der Waals surface area (Å²) in [5.74, 6) is -2.76. The Kier molecular flexibility index (Phi) is 6.09. The zero-order chi connectivity index (χ0) is 15.2. The van der Waals surface area contributed by atoms with Crippen LogP contribution in [0.1, 0.15) is 38.5 Å². The summed E-state index contributed by atoms with van der Waals surface area (Å²) in [7, 11) is 0. The van der Waals surface area contributed by atoms with E-state index < -0.39 is 12.1 Å². The molecule has 1 heterocycles. The smallest absolute Gasteiger partial charge is 0.475 e. The molecule has 5 nitrogen and oxygen atoms in total. The molecule has 2 fully saturated rings. The number of rotatable bonds is 1. The molecule has 0 atom stereocenters. The molecule has 2 rings (SSSR count). The standard InChI is InChI=1S/C10H18N2O.C2HF3O2/c13-10(12-7-3-4-8-12)11-9-5-1-2-6-9;3-2(4,5)1(6)7/h9H,1-8H2,(H,11,13);(H,6,7). The fourth-order valence-corrected chi connectivity index (χ4v) is 2.26. The Morgan fingerprint density at radius 1 is 1.05 bits per heavy atom. The zero-order valence-corrected chi connectivity index (χ0v) is 11.1. The lowest BCUT2D eigenvalue weighted by atomic mass is 10.2. The van der Waals surface area contributed by atoms with Crippen LogP contribution >= 0.6 is 0 Å². The number of nitrogens with zero attached hydrogens (tertiary/aromatic N) is 1. The van der Waals surface area contributed by atoms with Crippen molar-refractivity contribution >= 4 is 12.0 Å². The number of hydrogen-bond acceptors (Lipinski definition) is 2. The number of carbonyl (C=O) groups excluding carboxylic acids is 1. The van der Waals surface area contributed by atoms with E-state index in [0.29, 0.717) is 6.04 Å². The highest BCUT2D eigenvalue weighted by atomic mass is 19.4. The van der Waals surface area contributed by atoms with Gasteiger partial charge in [-0.3, -0.25) is 0 Å². The maximum absolute atomic E-state index is 11.6. The number of nitrogens with one attached hydrogen (secondary N) is 1. The zero-order valence-electron chi connectivity index (χ0n) is 11.1. The number of alkyl halides is 3. The maximum Gasteiger partial charge on any atom is 0.490 e. The molecule has 0 aromatic carbocycles. The molecular weight excluding hydrogens is 277 g/mol. The first-order valence-corrected chi connectivity index (χ1v) is 6.66. The quantitative estimate of drug-likeness (QED) is 0.780. The van der Waals surface area contributed by atoms with Gasteiger partial charge in [0.1, 0.15) is 0 Å². The van der Waals surface area contributed by atoms with Crippen LogP contribution in [0.2, 0.25) is 0 Å². The lowest BCUT2D eigenvalue weighted by Gasteiger charge is -2.19. The third-order valence-electron chi connectivity index (χ3n) is 3.32. The third kappa shape index (κ3) is 5.66. The first-order chi connectivity index (χ1) is 9.30. The van der Waals surface area contributed by atoms with Crippen molar-refractivity contribution in [1.29, 1.82) is 0 Å². The van der Waals surface area contributed by atoms with E-state index in [0.717, 1.165) is 13.1 Å². The van der Waals surface area contributed by atoms with E-state index >= 15 is 0 Å². The van der Waals surface area contributed by atoms with Gasteiger partial charge >= 0.3 is 18.2 Å². The Morgan fingerprint density at radius 3 is 1.90 bits per heavy atom. The minimum atomic E-state index is -5.08. The van der Waals surface area contributed by atoms with Gasteiger partial charge in [0.2, 0.25) is 0 Å². The number of likely N-dealkylation sites (tertiary alicyclic amines) is 1. The van der Waals surface area contributed by atoms with Gasteiger partial charge in [0.25, 0.3) is 0 Å². The van der Waals surface area contributed by atoms with Crippen LogP contribution in [0.25, 0.3) is 0 Å². The average Bonchev–Trinajstić information content (AvgIpc) is 3.00. The van der Waals surface area contributed by atoms with E-state index in [1.54, 1.807) is 0 Å². The molecule has 0 bridgehead atoms. The number of halogens is 3. The van der Waals surface area contributed by atoms with Crippen LogP contribution in [0, 0.1) is 0 Å². The summed E-state index contributed by atoms with van der Waals surface area (Å²) in [5, 5.41) is 10.2. The van der Waals surface area contributed by atoms with Crippen LogP contribution in [0.5, 0.6) is 0 Å². The fourth-order valence-electron chi connectivity index (χ4n) is 2.26. The molecule has 8 heteroatoms. The number of urea groups is 1. The number of hydrogen-bond donors (Lipinski definition) is 2. The van der Waals surface area contributed by atoms with Crippen LogP contribution in [0.15, 0.2) is 0 Å². The van der Waals surface area contributed by atoms with Crippen LogP contribution in [0.3, 0.4) is 0 Å². The van der Waals surface area contributed by atoms with Crippen LogP contribution in [-0.4, -0.2) is 47.3 Å². The van der Waals surface area contributed by atoms with Crippen LogP contribution < -0.4 is 5.32 Å². The first kappa shape index (κ1) is 16.6. The topological polar surface area (TPSA) is 69.6 Å². The fraction of sp³-hybridized carbons (Fsp3) is 0.833. The van der Waals surface area contributed by atoms with Crippen molar-refractivity contribution in [2.24, 2.45) is 0 Å². The van der Waals surface area contributed by atoms with Crippen molar-refractivity contribution in [2.75, 3.05) is 13.1 Å².